The van der Waals surface area contributed by atoms with Gasteiger partial charge in [-0.25, -0.2) is 4.39 Å². The van der Waals surface area contributed by atoms with Gasteiger partial charge < -0.3 is 11.1 Å². The van der Waals surface area contributed by atoms with E-state index in [9.17, 15) is 4.39 Å². The number of benzene rings is 2. The molecule has 0 bridgehead atoms. The zero-order chi connectivity index (χ0) is 14.2. The van der Waals surface area contributed by atoms with Crippen LogP contribution in [0.4, 0.5) is 21.5 Å². The lowest BCUT2D eigenvalue weighted by Gasteiger charge is -2.13. The summed E-state index contributed by atoms with van der Waals surface area (Å²) in [4.78, 5) is 0. The SMILES string of the molecule is Nc1cc(Br)c(F)cc1Nc1ccc(Br)c(Cl)c1Cl. The van der Waals surface area contributed by atoms with Crippen molar-refractivity contribution >= 4 is 72.1 Å². The highest BCUT2D eigenvalue weighted by molar-refractivity contribution is 9.10. The molecule has 0 unspecified atom stereocenters. The van der Waals surface area contributed by atoms with Crippen molar-refractivity contribution in [3.8, 4) is 0 Å². The van der Waals surface area contributed by atoms with Crippen LogP contribution in [0.25, 0.3) is 0 Å². The molecule has 0 fully saturated rings. The normalized spacial score (nSPS) is 10.6. The number of anilines is 3. The first kappa shape index (κ1) is 14.9. The molecule has 3 N–H and O–H groups in total. The molecule has 0 heterocycles. The van der Waals surface area contributed by atoms with Crippen LogP contribution in [0.2, 0.25) is 10.0 Å². The summed E-state index contributed by atoms with van der Waals surface area (Å²) in [7, 11) is 0. The van der Waals surface area contributed by atoms with Gasteiger partial charge in [-0.05, 0) is 50.1 Å². The summed E-state index contributed by atoms with van der Waals surface area (Å²) in [6.07, 6.45) is 0. The predicted octanol–water partition coefficient (Wildman–Crippen LogP) is 5.98. The summed E-state index contributed by atoms with van der Waals surface area (Å²) in [6.45, 7) is 0. The molecular weight excluding hydrogens is 422 g/mol. The van der Waals surface area contributed by atoms with Crippen molar-refractivity contribution in [2.45, 2.75) is 0 Å². The number of nitrogens with one attached hydrogen (secondary N) is 1. The van der Waals surface area contributed by atoms with Crippen LogP contribution in [0, 0.1) is 5.82 Å². The molecule has 2 nitrogen and oxygen atoms in total. The van der Waals surface area contributed by atoms with Gasteiger partial charge in [0.1, 0.15) is 5.82 Å². The summed E-state index contributed by atoms with van der Waals surface area (Å²) < 4.78 is 14.5. The fourth-order valence-electron chi connectivity index (χ4n) is 1.44. The standard InChI is InChI=1S/C12H7Br2Cl2FN2/c13-5-1-2-9(12(16)11(5)15)19-10-4-7(17)6(14)3-8(10)18/h1-4,19H,18H2. The second-order valence-corrected chi connectivity index (χ2v) is 6.17. The molecule has 0 spiro atoms. The highest BCUT2D eigenvalue weighted by atomic mass is 79.9. The van der Waals surface area contributed by atoms with Gasteiger partial charge in [-0.3, -0.25) is 0 Å². The van der Waals surface area contributed by atoms with Gasteiger partial charge in [-0.1, -0.05) is 23.2 Å². The van der Waals surface area contributed by atoms with Gasteiger partial charge in [0.15, 0.2) is 0 Å². The highest BCUT2D eigenvalue weighted by Crippen LogP contribution is 2.38. The van der Waals surface area contributed by atoms with Crippen molar-refractivity contribution in [2.75, 3.05) is 11.1 Å². The zero-order valence-electron chi connectivity index (χ0n) is 9.28. The van der Waals surface area contributed by atoms with Gasteiger partial charge in [0, 0.05) is 10.5 Å². The molecule has 2 rings (SSSR count). The minimum absolute atomic E-state index is 0.301. The van der Waals surface area contributed by atoms with Crippen molar-refractivity contribution in [3.63, 3.8) is 0 Å². The molecule has 7 heteroatoms. The Hall–Kier alpha value is -0.490. The summed E-state index contributed by atoms with van der Waals surface area (Å²) >= 11 is 18.4. The van der Waals surface area contributed by atoms with Crippen molar-refractivity contribution < 1.29 is 4.39 Å². The Bertz CT molecular complexity index is 650. The van der Waals surface area contributed by atoms with E-state index in [2.05, 4.69) is 37.2 Å². The van der Waals surface area contributed by atoms with E-state index in [0.717, 1.165) is 0 Å². The van der Waals surface area contributed by atoms with E-state index in [0.29, 0.717) is 36.1 Å². The molecule has 2 aromatic rings. The summed E-state index contributed by atoms with van der Waals surface area (Å²) in [6, 6.07) is 6.22. The second-order valence-electron chi connectivity index (χ2n) is 3.70. The molecule has 0 aromatic heterocycles. The molecule has 2 aromatic carbocycles. The van der Waals surface area contributed by atoms with Crippen molar-refractivity contribution in [1.29, 1.82) is 0 Å². The Morgan fingerprint density at radius 1 is 1.00 bits per heavy atom. The maximum atomic E-state index is 13.5. The van der Waals surface area contributed by atoms with E-state index in [1.54, 1.807) is 12.1 Å². The Kier molecular flexibility index (Phi) is 4.61. The first-order valence-corrected chi connectivity index (χ1v) is 7.39. The molecule has 0 aliphatic rings. The Morgan fingerprint density at radius 2 is 1.68 bits per heavy atom. The Labute approximate surface area is 136 Å². The van der Waals surface area contributed by atoms with Crippen molar-refractivity contribution in [3.05, 3.63) is 49.1 Å². The molecular formula is C12H7Br2Cl2FN2. The van der Waals surface area contributed by atoms with Gasteiger partial charge in [0.25, 0.3) is 0 Å². The number of rotatable bonds is 2. The van der Waals surface area contributed by atoms with E-state index < -0.39 is 5.82 Å². The maximum Gasteiger partial charge on any atom is 0.139 e. The first-order valence-electron chi connectivity index (χ1n) is 5.05. The smallest absolute Gasteiger partial charge is 0.139 e. The predicted molar refractivity (Wildman–Crippen MR) is 86.0 cm³/mol. The summed E-state index contributed by atoms with van der Waals surface area (Å²) in [5.41, 5.74) is 7.17. The van der Waals surface area contributed by atoms with Crippen LogP contribution in [0.5, 0.6) is 0 Å². The van der Waals surface area contributed by atoms with Crippen LogP contribution in [0.15, 0.2) is 33.2 Å². The van der Waals surface area contributed by atoms with Crippen LogP contribution >= 0.6 is 55.1 Å². The summed E-state index contributed by atoms with van der Waals surface area (Å²) in [5.74, 6) is -0.420. The number of nitrogen functional groups attached to an aromatic ring is 1. The maximum absolute atomic E-state index is 13.5. The fourth-order valence-corrected chi connectivity index (χ4v) is 2.62. The average molecular weight is 429 g/mol. The Morgan fingerprint density at radius 3 is 2.37 bits per heavy atom. The number of nitrogens with two attached hydrogens (primary N) is 1. The minimum Gasteiger partial charge on any atom is -0.397 e. The molecule has 0 radical (unpaired) electrons. The lowest BCUT2D eigenvalue weighted by molar-refractivity contribution is 0.622. The highest BCUT2D eigenvalue weighted by Gasteiger charge is 2.11. The minimum atomic E-state index is -0.420. The van der Waals surface area contributed by atoms with E-state index in [4.69, 9.17) is 28.9 Å². The molecule has 0 aliphatic heterocycles. The van der Waals surface area contributed by atoms with E-state index in [1.807, 2.05) is 0 Å². The van der Waals surface area contributed by atoms with Crippen molar-refractivity contribution in [2.24, 2.45) is 0 Å². The van der Waals surface area contributed by atoms with Crippen LogP contribution < -0.4 is 11.1 Å². The van der Waals surface area contributed by atoms with E-state index in [1.165, 1.54) is 12.1 Å². The molecule has 100 valence electrons. The molecule has 0 amide bonds. The quantitative estimate of drug-likeness (QED) is 0.456. The van der Waals surface area contributed by atoms with Crippen LogP contribution in [0.1, 0.15) is 0 Å². The summed E-state index contributed by atoms with van der Waals surface area (Å²) in [5, 5.41) is 3.66. The first-order chi connectivity index (χ1) is 8.90. The average Bonchev–Trinajstić information content (AvgIpc) is 2.36. The largest absolute Gasteiger partial charge is 0.397 e. The van der Waals surface area contributed by atoms with Crippen LogP contribution in [-0.2, 0) is 0 Å². The van der Waals surface area contributed by atoms with Gasteiger partial charge in [0.05, 0.1) is 31.6 Å². The monoisotopic (exact) mass is 426 g/mol. The lowest BCUT2D eigenvalue weighted by atomic mass is 10.2. The number of hydrogen-bond donors (Lipinski definition) is 2. The van der Waals surface area contributed by atoms with Crippen LogP contribution in [-0.4, -0.2) is 0 Å². The Balaban J connectivity index is 2.42. The molecule has 19 heavy (non-hydrogen) atoms. The third kappa shape index (κ3) is 3.16. The number of hydrogen-bond acceptors (Lipinski definition) is 2. The van der Waals surface area contributed by atoms with E-state index in [-0.39, 0.29) is 0 Å². The fraction of sp³-hybridized carbons (Fsp3) is 0. The molecule has 0 saturated carbocycles. The lowest BCUT2D eigenvalue weighted by Crippen LogP contribution is -1.98. The molecule has 0 saturated heterocycles. The molecule has 0 aliphatic carbocycles. The second kappa shape index (κ2) is 5.87. The van der Waals surface area contributed by atoms with Gasteiger partial charge in [-0.15, -0.1) is 0 Å². The van der Waals surface area contributed by atoms with Gasteiger partial charge >= 0.3 is 0 Å². The van der Waals surface area contributed by atoms with Gasteiger partial charge in [-0.2, -0.15) is 0 Å². The van der Waals surface area contributed by atoms with E-state index >= 15 is 0 Å². The third-order valence-electron chi connectivity index (χ3n) is 2.40. The van der Waals surface area contributed by atoms with Crippen molar-refractivity contribution in [1.82, 2.24) is 0 Å². The topological polar surface area (TPSA) is 38.0 Å². The third-order valence-corrected chi connectivity index (χ3v) is 4.78. The van der Waals surface area contributed by atoms with Gasteiger partial charge in [0.2, 0.25) is 0 Å². The molecule has 0 atom stereocenters. The zero-order valence-corrected chi connectivity index (χ0v) is 14.0. The number of halogens is 5. The van der Waals surface area contributed by atoms with Crippen LogP contribution in [0.3, 0.4) is 0 Å².